The van der Waals surface area contributed by atoms with Crippen LogP contribution in [0.15, 0.2) is 53.4 Å². The van der Waals surface area contributed by atoms with Crippen molar-refractivity contribution in [2.75, 3.05) is 16.9 Å². The SMILES string of the molecule is CCc1ccc(NC(=O)[C@H](C)Nc2cccc(SC)c2)cc1. The van der Waals surface area contributed by atoms with Crippen LogP contribution in [0, 0.1) is 0 Å². The van der Waals surface area contributed by atoms with Gasteiger partial charge in [0.2, 0.25) is 5.91 Å². The maximum atomic E-state index is 12.2. The lowest BCUT2D eigenvalue weighted by molar-refractivity contribution is -0.116. The van der Waals surface area contributed by atoms with E-state index in [1.54, 1.807) is 11.8 Å². The van der Waals surface area contributed by atoms with Crippen LogP contribution in [-0.4, -0.2) is 18.2 Å². The molecule has 0 unspecified atom stereocenters. The number of hydrogen-bond acceptors (Lipinski definition) is 3. The van der Waals surface area contributed by atoms with Crippen LogP contribution in [0.1, 0.15) is 19.4 Å². The molecule has 2 aromatic rings. The molecule has 0 heterocycles. The Hall–Kier alpha value is -1.94. The highest BCUT2D eigenvalue weighted by Gasteiger charge is 2.12. The molecule has 2 aromatic carbocycles. The third kappa shape index (κ3) is 4.53. The Morgan fingerprint density at radius 2 is 1.86 bits per heavy atom. The van der Waals surface area contributed by atoms with Gasteiger partial charge in [0.1, 0.15) is 6.04 Å². The average Bonchev–Trinajstić information content (AvgIpc) is 2.55. The molecule has 0 spiro atoms. The van der Waals surface area contributed by atoms with Crippen molar-refractivity contribution in [1.82, 2.24) is 0 Å². The normalized spacial score (nSPS) is 11.8. The van der Waals surface area contributed by atoms with Gasteiger partial charge in [-0.15, -0.1) is 11.8 Å². The summed E-state index contributed by atoms with van der Waals surface area (Å²) in [6.45, 7) is 3.98. The van der Waals surface area contributed by atoms with E-state index in [-0.39, 0.29) is 11.9 Å². The van der Waals surface area contributed by atoms with Gasteiger partial charge in [0.05, 0.1) is 0 Å². The summed E-state index contributed by atoms with van der Waals surface area (Å²) in [6.07, 6.45) is 3.03. The molecule has 0 aromatic heterocycles. The topological polar surface area (TPSA) is 41.1 Å². The van der Waals surface area contributed by atoms with Gasteiger partial charge in [0.25, 0.3) is 0 Å². The van der Waals surface area contributed by atoms with Gasteiger partial charge < -0.3 is 10.6 Å². The van der Waals surface area contributed by atoms with Gasteiger partial charge >= 0.3 is 0 Å². The van der Waals surface area contributed by atoms with Crippen molar-refractivity contribution in [3.8, 4) is 0 Å². The summed E-state index contributed by atoms with van der Waals surface area (Å²) in [5.74, 6) is -0.0428. The monoisotopic (exact) mass is 314 g/mol. The molecule has 1 amide bonds. The smallest absolute Gasteiger partial charge is 0.246 e. The predicted molar refractivity (Wildman–Crippen MR) is 95.8 cm³/mol. The molecule has 116 valence electrons. The maximum absolute atomic E-state index is 12.2. The Morgan fingerprint density at radius 1 is 1.14 bits per heavy atom. The fourth-order valence-electron chi connectivity index (χ4n) is 2.10. The summed E-state index contributed by atoms with van der Waals surface area (Å²) in [6, 6.07) is 15.7. The van der Waals surface area contributed by atoms with Crippen LogP contribution >= 0.6 is 11.8 Å². The molecule has 0 aliphatic heterocycles. The molecule has 4 heteroatoms. The van der Waals surface area contributed by atoms with E-state index in [2.05, 4.69) is 23.6 Å². The average molecular weight is 314 g/mol. The van der Waals surface area contributed by atoms with Gasteiger partial charge in [-0.25, -0.2) is 0 Å². The largest absolute Gasteiger partial charge is 0.374 e. The van der Waals surface area contributed by atoms with Gasteiger partial charge in [0, 0.05) is 16.3 Å². The van der Waals surface area contributed by atoms with Crippen LogP contribution in [0.5, 0.6) is 0 Å². The lowest BCUT2D eigenvalue weighted by Gasteiger charge is -2.16. The molecule has 0 aliphatic carbocycles. The summed E-state index contributed by atoms with van der Waals surface area (Å²) in [5.41, 5.74) is 3.04. The standard InChI is InChI=1S/C18H22N2OS/c1-4-14-8-10-15(11-9-14)20-18(21)13(2)19-16-6-5-7-17(12-16)22-3/h5-13,19H,4H2,1-3H3,(H,20,21)/t13-/m0/s1. The third-order valence-electron chi connectivity index (χ3n) is 3.48. The zero-order chi connectivity index (χ0) is 15.9. The third-order valence-corrected chi connectivity index (χ3v) is 4.20. The van der Waals surface area contributed by atoms with E-state index in [0.29, 0.717) is 0 Å². The van der Waals surface area contributed by atoms with Gasteiger partial charge in [-0.1, -0.05) is 25.1 Å². The van der Waals surface area contributed by atoms with Gasteiger partial charge in [-0.2, -0.15) is 0 Å². The molecule has 1 atom stereocenters. The molecule has 0 aliphatic rings. The van der Waals surface area contributed by atoms with E-state index in [1.165, 1.54) is 10.5 Å². The minimum Gasteiger partial charge on any atom is -0.374 e. The maximum Gasteiger partial charge on any atom is 0.246 e. The molecule has 0 fully saturated rings. The number of thioether (sulfide) groups is 1. The van der Waals surface area contributed by atoms with Crippen molar-refractivity contribution < 1.29 is 4.79 Å². The van der Waals surface area contributed by atoms with Crippen molar-refractivity contribution in [2.45, 2.75) is 31.2 Å². The summed E-state index contributed by atoms with van der Waals surface area (Å²) in [5, 5.41) is 6.17. The fourth-order valence-corrected chi connectivity index (χ4v) is 2.56. The number of aryl methyl sites for hydroxylation is 1. The zero-order valence-electron chi connectivity index (χ0n) is 13.2. The molecule has 22 heavy (non-hydrogen) atoms. The van der Waals surface area contributed by atoms with E-state index in [1.807, 2.05) is 55.6 Å². The van der Waals surface area contributed by atoms with Crippen molar-refractivity contribution in [1.29, 1.82) is 0 Å². The first-order valence-electron chi connectivity index (χ1n) is 7.42. The van der Waals surface area contributed by atoms with Gasteiger partial charge in [0.15, 0.2) is 0 Å². The first kappa shape index (κ1) is 16.4. The molecular weight excluding hydrogens is 292 g/mol. The first-order valence-corrected chi connectivity index (χ1v) is 8.65. The van der Waals surface area contributed by atoms with Crippen molar-refractivity contribution >= 4 is 29.0 Å². The highest BCUT2D eigenvalue weighted by atomic mass is 32.2. The first-order chi connectivity index (χ1) is 10.6. The summed E-state index contributed by atoms with van der Waals surface area (Å²) in [7, 11) is 0. The second kappa shape index (κ2) is 7.90. The number of anilines is 2. The Balaban J connectivity index is 1.96. The molecule has 0 saturated carbocycles. The molecule has 2 N–H and O–H groups in total. The Morgan fingerprint density at radius 3 is 2.50 bits per heavy atom. The zero-order valence-corrected chi connectivity index (χ0v) is 14.0. The van der Waals surface area contributed by atoms with Gasteiger partial charge in [-0.3, -0.25) is 4.79 Å². The van der Waals surface area contributed by atoms with E-state index >= 15 is 0 Å². The predicted octanol–water partition coefficient (Wildman–Crippen LogP) is 4.41. The lowest BCUT2D eigenvalue weighted by atomic mass is 10.1. The molecular formula is C18H22N2OS. The summed E-state index contributed by atoms with van der Waals surface area (Å²) < 4.78 is 0. The highest BCUT2D eigenvalue weighted by Crippen LogP contribution is 2.19. The minimum atomic E-state index is -0.303. The fraction of sp³-hybridized carbons (Fsp3) is 0.278. The number of hydrogen-bond donors (Lipinski definition) is 2. The molecule has 3 nitrogen and oxygen atoms in total. The number of carbonyl (C=O) groups excluding carboxylic acids is 1. The van der Waals surface area contributed by atoms with E-state index in [4.69, 9.17) is 0 Å². The summed E-state index contributed by atoms with van der Waals surface area (Å²) in [4.78, 5) is 13.4. The van der Waals surface area contributed by atoms with Crippen LogP contribution < -0.4 is 10.6 Å². The number of nitrogens with one attached hydrogen (secondary N) is 2. The van der Waals surface area contributed by atoms with Gasteiger partial charge in [-0.05, 0) is 55.5 Å². The van der Waals surface area contributed by atoms with Crippen LogP contribution in [0.2, 0.25) is 0 Å². The van der Waals surface area contributed by atoms with Crippen molar-refractivity contribution in [2.24, 2.45) is 0 Å². The van der Waals surface area contributed by atoms with Crippen LogP contribution in [0.3, 0.4) is 0 Å². The van der Waals surface area contributed by atoms with Crippen molar-refractivity contribution in [3.63, 3.8) is 0 Å². The van der Waals surface area contributed by atoms with Crippen LogP contribution in [0.25, 0.3) is 0 Å². The Bertz CT molecular complexity index is 625. The molecule has 0 saturated heterocycles. The lowest BCUT2D eigenvalue weighted by Crippen LogP contribution is -2.31. The summed E-state index contributed by atoms with van der Waals surface area (Å²) >= 11 is 1.68. The molecule has 2 rings (SSSR count). The van der Waals surface area contributed by atoms with E-state index in [0.717, 1.165) is 17.8 Å². The highest BCUT2D eigenvalue weighted by molar-refractivity contribution is 7.98. The number of carbonyl (C=O) groups is 1. The van der Waals surface area contributed by atoms with Crippen molar-refractivity contribution in [3.05, 3.63) is 54.1 Å². The second-order valence-corrected chi connectivity index (χ2v) is 6.02. The molecule has 0 radical (unpaired) electrons. The number of rotatable bonds is 6. The molecule has 0 bridgehead atoms. The Kier molecular flexibility index (Phi) is 5.90. The van der Waals surface area contributed by atoms with E-state index in [9.17, 15) is 4.79 Å². The number of amides is 1. The Labute approximate surface area is 136 Å². The quantitative estimate of drug-likeness (QED) is 0.776. The second-order valence-electron chi connectivity index (χ2n) is 5.14. The number of benzene rings is 2. The van der Waals surface area contributed by atoms with E-state index < -0.39 is 0 Å². The van der Waals surface area contributed by atoms with Crippen LogP contribution in [0.4, 0.5) is 11.4 Å². The minimum absolute atomic E-state index is 0.0428. The van der Waals surface area contributed by atoms with Crippen LogP contribution in [-0.2, 0) is 11.2 Å².